The molecule has 1 aliphatic carbocycles. The zero-order chi connectivity index (χ0) is 17.5. The molecule has 0 aromatic heterocycles. The molecule has 1 fully saturated rings. The molecule has 8 heteroatoms. The van der Waals surface area contributed by atoms with E-state index in [9.17, 15) is 14.4 Å². The van der Waals surface area contributed by atoms with E-state index in [1.54, 1.807) is 18.2 Å². The average molecular weight is 373 g/mol. The van der Waals surface area contributed by atoms with Crippen molar-refractivity contribution in [2.45, 2.75) is 38.1 Å². The van der Waals surface area contributed by atoms with Gasteiger partial charge in [0.1, 0.15) is 0 Å². The van der Waals surface area contributed by atoms with Gasteiger partial charge < -0.3 is 10.1 Å². The van der Waals surface area contributed by atoms with Gasteiger partial charge in [-0.2, -0.15) is 0 Å². The lowest BCUT2D eigenvalue weighted by atomic mass is 10.1. The summed E-state index contributed by atoms with van der Waals surface area (Å²) in [6.45, 7) is -0.516. The Bertz CT molecular complexity index is 631. The molecule has 2 N–H and O–H groups in total. The van der Waals surface area contributed by atoms with Gasteiger partial charge in [-0.3, -0.25) is 14.9 Å². The van der Waals surface area contributed by atoms with Crippen LogP contribution in [0.25, 0.3) is 0 Å². The predicted molar refractivity (Wildman–Crippen MR) is 90.1 cm³/mol. The van der Waals surface area contributed by atoms with E-state index in [2.05, 4.69) is 10.6 Å². The number of esters is 1. The molecule has 2 rings (SSSR count). The van der Waals surface area contributed by atoms with Gasteiger partial charge in [0, 0.05) is 6.04 Å². The van der Waals surface area contributed by atoms with E-state index in [4.69, 9.17) is 27.9 Å². The van der Waals surface area contributed by atoms with Crippen molar-refractivity contribution in [3.63, 3.8) is 0 Å². The Kier molecular flexibility index (Phi) is 6.87. The topological polar surface area (TPSA) is 84.5 Å². The number of ether oxygens (including phenoxy) is 1. The Morgan fingerprint density at radius 1 is 1.12 bits per heavy atom. The van der Waals surface area contributed by atoms with Gasteiger partial charge in [-0.25, -0.2) is 4.79 Å². The van der Waals surface area contributed by atoms with Crippen molar-refractivity contribution in [3.8, 4) is 0 Å². The average Bonchev–Trinajstić information content (AvgIpc) is 3.01. The van der Waals surface area contributed by atoms with E-state index in [1.807, 2.05) is 0 Å². The predicted octanol–water partition coefficient (Wildman–Crippen LogP) is 2.85. The molecule has 0 radical (unpaired) electrons. The first-order valence-electron chi connectivity index (χ1n) is 7.64. The lowest BCUT2D eigenvalue weighted by Crippen LogP contribution is -2.45. The number of carbonyl (C=O) groups is 3. The van der Waals surface area contributed by atoms with Crippen molar-refractivity contribution in [2.75, 3.05) is 6.61 Å². The summed E-state index contributed by atoms with van der Waals surface area (Å²) in [7, 11) is 0. The van der Waals surface area contributed by atoms with Crippen molar-refractivity contribution in [1.29, 1.82) is 0 Å². The molecule has 3 amide bonds. The van der Waals surface area contributed by atoms with E-state index in [-0.39, 0.29) is 12.5 Å². The summed E-state index contributed by atoms with van der Waals surface area (Å²) < 4.78 is 4.84. The Labute approximate surface area is 149 Å². The molecule has 0 atom stereocenters. The van der Waals surface area contributed by atoms with E-state index < -0.39 is 24.5 Å². The maximum Gasteiger partial charge on any atom is 0.321 e. The van der Waals surface area contributed by atoms with Crippen LogP contribution in [0.5, 0.6) is 0 Å². The first kappa shape index (κ1) is 18.5. The summed E-state index contributed by atoms with van der Waals surface area (Å²) in [6.07, 6.45) is 3.94. The number of urea groups is 1. The molecule has 0 heterocycles. The second-order valence-electron chi connectivity index (χ2n) is 5.59. The number of amides is 3. The van der Waals surface area contributed by atoms with Crippen LogP contribution in [0.4, 0.5) is 4.79 Å². The molecule has 1 aromatic rings. The molecule has 1 saturated carbocycles. The number of halogens is 2. The second kappa shape index (κ2) is 8.89. The lowest BCUT2D eigenvalue weighted by Gasteiger charge is -2.12. The van der Waals surface area contributed by atoms with Gasteiger partial charge in [-0.1, -0.05) is 42.1 Å². The summed E-state index contributed by atoms with van der Waals surface area (Å²) in [4.78, 5) is 34.9. The molecule has 0 spiro atoms. The quantitative estimate of drug-likeness (QED) is 0.778. The normalized spacial score (nSPS) is 14.2. The Hall–Kier alpha value is -1.79. The Morgan fingerprint density at radius 3 is 2.50 bits per heavy atom. The van der Waals surface area contributed by atoms with E-state index in [0.717, 1.165) is 25.7 Å². The summed E-state index contributed by atoms with van der Waals surface area (Å²) >= 11 is 11.6. The molecule has 6 nitrogen and oxygen atoms in total. The first-order valence-corrected chi connectivity index (χ1v) is 8.39. The summed E-state index contributed by atoms with van der Waals surface area (Å²) in [5.74, 6) is -1.27. The van der Waals surface area contributed by atoms with Crippen molar-refractivity contribution >= 4 is 41.1 Å². The van der Waals surface area contributed by atoms with Crippen LogP contribution in [-0.2, 0) is 20.7 Å². The van der Waals surface area contributed by atoms with Gasteiger partial charge in [0.2, 0.25) is 0 Å². The monoisotopic (exact) mass is 372 g/mol. The van der Waals surface area contributed by atoms with E-state index in [0.29, 0.717) is 15.6 Å². The highest BCUT2D eigenvalue weighted by Crippen LogP contribution is 2.22. The Balaban J connectivity index is 1.69. The molecular weight excluding hydrogens is 355 g/mol. The standard InChI is InChI=1S/C16H18Cl2N2O4/c17-12-6-5-10(7-13(12)18)8-15(22)24-9-14(21)20-16(23)19-11-3-1-2-4-11/h5-7,11H,1-4,8-9H2,(H2,19,20,21,23). The van der Waals surface area contributed by atoms with Gasteiger partial charge >= 0.3 is 12.0 Å². The van der Waals surface area contributed by atoms with Crippen LogP contribution < -0.4 is 10.6 Å². The van der Waals surface area contributed by atoms with Gasteiger partial charge in [0.25, 0.3) is 5.91 Å². The number of rotatable bonds is 5. The van der Waals surface area contributed by atoms with Gasteiger partial charge in [0.15, 0.2) is 6.61 Å². The fourth-order valence-electron chi connectivity index (χ4n) is 2.47. The highest BCUT2D eigenvalue weighted by atomic mass is 35.5. The van der Waals surface area contributed by atoms with Crippen LogP contribution in [0.1, 0.15) is 31.2 Å². The fraction of sp³-hybridized carbons (Fsp3) is 0.438. The van der Waals surface area contributed by atoms with Gasteiger partial charge in [0.05, 0.1) is 16.5 Å². The zero-order valence-corrected chi connectivity index (χ0v) is 14.5. The number of nitrogens with one attached hydrogen (secondary N) is 2. The van der Waals surface area contributed by atoms with Crippen LogP contribution in [0.3, 0.4) is 0 Å². The van der Waals surface area contributed by atoms with Crippen molar-refractivity contribution in [1.82, 2.24) is 10.6 Å². The summed E-state index contributed by atoms with van der Waals surface area (Å²) in [6, 6.07) is 4.32. The van der Waals surface area contributed by atoms with Crippen LogP contribution >= 0.6 is 23.2 Å². The van der Waals surface area contributed by atoms with E-state index >= 15 is 0 Å². The fourth-order valence-corrected chi connectivity index (χ4v) is 2.79. The molecular formula is C16H18Cl2N2O4. The third-order valence-electron chi connectivity index (χ3n) is 3.64. The Morgan fingerprint density at radius 2 is 1.83 bits per heavy atom. The molecule has 0 bridgehead atoms. The minimum atomic E-state index is -0.673. The molecule has 0 aliphatic heterocycles. The summed E-state index contributed by atoms with van der Waals surface area (Å²) in [5, 5.41) is 5.57. The second-order valence-corrected chi connectivity index (χ2v) is 6.40. The molecule has 1 aromatic carbocycles. The molecule has 1 aliphatic rings. The molecule has 24 heavy (non-hydrogen) atoms. The molecule has 0 unspecified atom stereocenters. The van der Waals surface area contributed by atoms with Crippen molar-refractivity contribution in [2.24, 2.45) is 0 Å². The number of carbonyl (C=O) groups excluding carboxylic acids is 3. The highest BCUT2D eigenvalue weighted by molar-refractivity contribution is 6.42. The third-order valence-corrected chi connectivity index (χ3v) is 4.38. The van der Waals surface area contributed by atoms with Gasteiger partial charge in [-0.15, -0.1) is 0 Å². The van der Waals surface area contributed by atoms with E-state index in [1.165, 1.54) is 0 Å². The molecule has 0 saturated heterocycles. The first-order chi connectivity index (χ1) is 11.4. The number of hydrogen-bond donors (Lipinski definition) is 2. The zero-order valence-electron chi connectivity index (χ0n) is 12.9. The van der Waals surface area contributed by atoms with Crippen LogP contribution in [-0.4, -0.2) is 30.6 Å². The highest BCUT2D eigenvalue weighted by Gasteiger charge is 2.18. The number of hydrogen-bond acceptors (Lipinski definition) is 4. The number of imide groups is 1. The van der Waals surface area contributed by atoms with Gasteiger partial charge in [-0.05, 0) is 30.5 Å². The van der Waals surface area contributed by atoms with Crippen molar-refractivity contribution in [3.05, 3.63) is 33.8 Å². The lowest BCUT2D eigenvalue weighted by molar-refractivity contribution is -0.147. The van der Waals surface area contributed by atoms with Crippen molar-refractivity contribution < 1.29 is 19.1 Å². The molecule has 130 valence electrons. The smallest absolute Gasteiger partial charge is 0.321 e. The third kappa shape index (κ3) is 6.02. The summed E-state index contributed by atoms with van der Waals surface area (Å²) in [5.41, 5.74) is 0.619. The minimum absolute atomic E-state index is 0.0432. The maximum absolute atomic E-state index is 11.7. The maximum atomic E-state index is 11.7. The largest absolute Gasteiger partial charge is 0.455 e. The van der Waals surface area contributed by atoms with Crippen LogP contribution in [0.15, 0.2) is 18.2 Å². The van der Waals surface area contributed by atoms with Crippen LogP contribution in [0, 0.1) is 0 Å². The minimum Gasteiger partial charge on any atom is -0.455 e. The van der Waals surface area contributed by atoms with Crippen LogP contribution in [0.2, 0.25) is 10.0 Å². The number of benzene rings is 1. The SMILES string of the molecule is O=C(COC(=O)Cc1ccc(Cl)c(Cl)c1)NC(=O)NC1CCCC1.